The van der Waals surface area contributed by atoms with Crippen molar-refractivity contribution in [1.29, 1.82) is 0 Å². The average molecular weight is 370 g/mol. The van der Waals surface area contributed by atoms with E-state index in [1.54, 1.807) is 11.9 Å². The number of hydrogen-bond acceptors (Lipinski definition) is 5. The molecule has 1 atom stereocenters. The van der Waals surface area contributed by atoms with Gasteiger partial charge in [0.1, 0.15) is 6.54 Å². The lowest BCUT2D eigenvalue weighted by Gasteiger charge is -2.32. The molecule has 27 heavy (non-hydrogen) atoms. The molecule has 1 saturated heterocycles. The van der Waals surface area contributed by atoms with Gasteiger partial charge in [-0.25, -0.2) is 4.79 Å². The van der Waals surface area contributed by atoms with Gasteiger partial charge in [-0.3, -0.25) is 0 Å². The highest BCUT2D eigenvalue weighted by molar-refractivity contribution is 5.74. The Morgan fingerprint density at radius 3 is 2.78 bits per heavy atom. The van der Waals surface area contributed by atoms with Crippen LogP contribution in [0.2, 0.25) is 0 Å². The Kier molecular flexibility index (Phi) is 5.11. The first-order chi connectivity index (χ1) is 13.1. The highest BCUT2D eigenvalue weighted by atomic mass is 16.5. The second-order valence-electron chi connectivity index (χ2n) is 7.63. The van der Waals surface area contributed by atoms with Gasteiger partial charge < -0.3 is 19.4 Å². The molecule has 2 amide bonds. The van der Waals surface area contributed by atoms with Crippen molar-refractivity contribution in [1.82, 2.24) is 20.4 Å². The van der Waals surface area contributed by atoms with Gasteiger partial charge in [0.05, 0.1) is 18.2 Å². The lowest BCUT2D eigenvalue weighted by atomic mass is 9.82. The summed E-state index contributed by atoms with van der Waals surface area (Å²) in [5.41, 5.74) is 0.857. The summed E-state index contributed by atoms with van der Waals surface area (Å²) in [6.45, 7) is 0.864. The highest BCUT2D eigenvalue weighted by Gasteiger charge is 2.41. The van der Waals surface area contributed by atoms with Gasteiger partial charge in [0.25, 0.3) is 0 Å². The van der Waals surface area contributed by atoms with E-state index in [2.05, 4.69) is 15.5 Å². The molecule has 7 heteroatoms. The largest absolute Gasteiger partial charge is 0.419 e. The number of amides is 2. The number of carbonyl (C=O) groups is 1. The van der Waals surface area contributed by atoms with Crippen molar-refractivity contribution >= 4 is 6.03 Å². The Labute approximate surface area is 159 Å². The summed E-state index contributed by atoms with van der Waals surface area (Å²) < 4.78 is 11.8. The zero-order valence-corrected chi connectivity index (χ0v) is 15.7. The van der Waals surface area contributed by atoms with Gasteiger partial charge in [0.2, 0.25) is 11.8 Å². The van der Waals surface area contributed by atoms with E-state index < -0.39 is 0 Å². The van der Waals surface area contributed by atoms with Gasteiger partial charge in [0, 0.05) is 12.6 Å². The number of aromatic nitrogens is 2. The van der Waals surface area contributed by atoms with Crippen LogP contribution in [0, 0.1) is 0 Å². The lowest BCUT2D eigenvalue weighted by Crippen LogP contribution is -2.43. The van der Waals surface area contributed by atoms with Crippen LogP contribution in [-0.2, 0) is 11.3 Å². The standard InChI is InChI=1S/C20H26N4O3/c1-24(13-17-22-23-18(27-17)15-8-4-2-5-9-15)19(25)21-16-12-20(26-14-16)10-6-3-7-11-20/h2,4-5,8-9,16H,3,6-7,10-14H2,1H3,(H,21,25). The number of ether oxygens (including phenoxy) is 1. The summed E-state index contributed by atoms with van der Waals surface area (Å²) in [4.78, 5) is 14.1. The van der Waals surface area contributed by atoms with Gasteiger partial charge in [-0.1, -0.05) is 37.5 Å². The molecule has 2 fully saturated rings. The lowest BCUT2D eigenvalue weighted by molar-refractivity contribution is -0.0246. The predicted molar refractivity (Wildman–Crippen MR) is 99.9 cm³/mol. The van der Waals surface area contributed by atoms with Crippen LogP contribution in [0.15, 0.2) is 34.7 Å². The fourth-order valence-corrected chi connectivity index (χ4v) is 4.06. The molecular formula is C20H26N4O3. The number of carbonyl (C=O) groups excluding carboxylic acids is 1. The Hall–Kier alpha value is -2.41. The first-order valence-electron chi connectivity index (χ1n) is 9.67. The molecule has 4 rings (SSSR count). The minimum absolute atomic E-state index is 0.00810. The van der Waals surface area contributed by atoms with Crippen molar-refractivity contribution in [3.05, 3.63) is 36.2 Å². The van der Waals surface area contributed by atoms with Gasteiger partial charge >= 0.3 is 6.03 Å². The molecule has 1 spiro atoms. The summed E-state index contributed by atoms with van der Waals surface area (Å²) in [6.07, 6.45) is 6.87. The van der Waals surface area contributed by atoms with Crippen molar-refractivity contribution in [2.75, 3.05) is 13.7 Å². The molecule has 1 aliphatic carbocycles. The quantitative estimate of drug-likeness (QED) is 0.892. The Morgan fingerprint density at radius 2 is 2.00 bits per heavy atom. The van der Waals surface area contributed by atoms with E-state index in [0.717, 1.165) is 24.8 Å². The number of rotatable bonds is 4. The van der Waals surface area contributed by atoms with E-state index in [0.29, 0.717) is 18.4 Å². The van der Waals surface area contributed by atoms with E-state index in [1.807, 2.05) is 30.3 Å². The molecule has 7 nitrogen and oxygen atoms in total. The average Bonchev–Trinajstić information content (AvgIpc) is 3.31. The smallest absolute Gasteiger partial charge is 0.317 e. The van der Waals surface area contributed by atoms with Crippen molar-refractivity contribution in [3.8, 4) is 11.5 Å². The maximum atomic E-state index is 12.5. The Balaban J connectivity index is 1.30. The summed E-state index contributed by atoms with van der Waals surface area (Å²) in [7, 11) is 1.73. The molecular weight excluding hydrogens is 344 g/mol. The van der Waals surface area contributed by atoms with Crippen molar-refractivity contribution in [2.45, 2.75) is 56.7 Å². The van der Waals surface area contributed by atoms with Crippen molar-refractivity contribution in [2.24, 2.45) is 0 Å². The van der Waals surface area contributed by atoms with E-state index in [4.69, 9.17) is 9.15 Å². The molecule has 1 saturated carbocycles. The number of hydrogen-bond donors (Lipinski definition) is 1. The van der Waals surface area contributed by atoms with Gasteiger partial charge in [-0.05, 0) is 31.4 Å². The van der Waals surface area contributed by atoms with E-state index in [-0.39, 0.29) is 24.2 Å². The minimum atomic E-state index is -0.143. The maximum absolute atomic E-state index is 12.5. The van der Waals surface area contributed by atoms with Crippen LogP contribution in [0.3, 0.4) is 0 Å². The first kappa shape index (κ1) is 18.0. The van der Waals surface area contributed by atoms with Crippen LogP contribution in [0.4, 0.5) is 4.79 Å². The molecule has 1 aromatic heterocycles. The zero-order valence-electron chi connectivity index (χ0n) is 15.7. The monoisotopic (exact) mass is 370 g/mol. The molecule has 2 aliphatic rings. The van der Waals surface area contributed by atoms with Crippen LogP contribution >= 0.6 is 0 Å². The summed E-state index contributed by atoms with van der Waals surface area (Å²) in [5.74, 6) is 0.876. The Bertz CT molecular complexity index is 771. The summed E-state index contributed by atoms with van der Waals surface area (Å²) >= 11 is 0. The minimum Gasteiger partial charge on any atom is -0.419 e. The number of urea groups is 1. The van der Waals surface area contributed by atoms with E-state index in [1.165, 1.54) is 19.3 Å². The van der Waals surface area contributed by atoms with Crippen LogP contribution in [-0.4, -0.2) is 46.4 Å². The molecule has 1 aromatic carbocycles. The molecule has 144 valence electrons. The van der Waals surface area contributed by atoms with Gasteiger partial charge in [-0.15, -0.1) is 10.2 Å². The number of nitrogens with one attached hydrogen (secondary N) is 1. The highest BCUT2D eigenvalue weighted by Crippen LogP contribution is 2.39. The third-order valence-electron chi connectivity index (χ3n) is 5.51. The first-order valence-corrected chi connectivity index (χ1v) is 9.67. The van der Waals surface area contributed by atoms with Crippen molar-refractivity contribution in [3.63, 3.8) is 0 Å². The molecule has 1 N–H and O–H groups in total. The zero-order chi connectivity index (χ0) is 18.7. The molecule has 1 aliphatic heterocycles. The molecule has 0 radical (unpaired) electrons. The molecule has 2 aromatic rings. The third-order valence-corrected chi connectivity index (χ3v) is 5.51. The van der Waals surface area contributed by atoms with Gasteiger partial charge in [0.15, 0.2) is 0 Å². The maximum Gasteiger partial charge on any atom is 0.317 e. The summed E-state index contributed by atoms with van der Waals surface area (Å²) in [6, 6.07) is 9.52. The van der Waals surface area contributed by atoms with Crippen molar-refractivity contribution < 1.29 is 13.9 Å². The molecule has 1 unspecified atom stereocenters. The summed E-state index contributed by atoms with van der Waals surface area (Å²) in [5, 5.41) is 11.2. The second-order valence-corrected chi connectivity index (χ2v) is 7.63. The van der Waals surface area contributed by atoms with Crippen LogP contribution in [0.25, 0.3) is 11.5 Å². The normalized spacial score (nSPS) is 21.3. The topological polar surface area (TPSA) is 80.5 Å². The van der Waals surface area contributed by atoms with Crippen LogP contribution in [0.5, 0.6) is 0 Å². The van der Waals surface area contributed by atoms with Crippen LogP contribution < -0.4 is 5.32 Å². The molecule has 0 bridgehead atoms. The van der Waals surface area contributed by atoms with E-state index >= 15 is 0 Å². The Morgan fingerprint density at radius 1 is 1.22 bits per heavy atom. The fourth-order valence-electron chi connectivity index (χ4n) is 4.06. The van der Waals surface area contributed by atoms with Gasteiger partial charge in [-0.2, -0.15) is 0 Å². The predicted octanol–water partition coefficient (Wildman–Crippen LogP) is 3.37. The van der Waals surface area contributed by atoms with E-state index in [9.17, 15) is 4.79 Å². The SMILES string of the molecule is CN(Cc1nnc(-c2ccccc2)o1)C(=O)NC1COC2(CCCCC2)C1. The second kappa shape index (κ2) is 7.68. The number of nitrogens with zero attached hydrogens (tertiary/aromatic N) is 3. The fraction of sp³-hybridized carbons (Fsp3) is 0.550. The van der Waals surface area contributed by atoms with Crippen LogP contribution in [0.1, 0.15) is 44.4 Å². The third kappa shape index (κ3) is 4.13. The number of benzene rings is 1. The molecule has 2 heterocycles.